The van der Waals surface area contributed by atoms with Crippen molar-refractivity contribution in [3.63, 3.8) is 0 Å². The van der Waals surface area contributed by atoms with Gasteiger partial charge < -0.3 is 10.4 Å². The van der Waals surface area contributed by atoms with Gasteiger partial charge >= 0.3 is 0 Å². The number of aliphatic hydroxyl groups excluding tert-OH is 1. The first-order valence-corrected chi connectivity index (χ1v) is 7.60. The van der Waals surface area contributed by atoms with Gasteiger partial charge in [0.05, 0.1) is 26.8 Å². The molecule has 22 heavy (non-hydrogen) atoms. The maximum Gasteiger partial charge on any atom is 0.283 e. The summed E-state index contributed by atoms with van der Waals surface area (Å²) < 4.78 is 0. The largest absolute Gasteiger partial charge is 0.390 e. The van der Waals surface area contributed by atoms with Crippen LogP contribution >= 0.6 is 11.3 Å². The van der Waals surface area contributed by atoms with Crippen LogP contribution in [-0.4, -0.2) is 22.0 Å². The number of nitrogens with zero attached hydrogens (tertiary/aromatic N) is 1. The van der Waals surface area contributed by atoms with Crippen LogP contribution in [0.2, 0.25) is 0 Å². The Bertz CT molecular complexity index is 756. The number of aliphatic hydroxyl groups is 1. The Morgan fingerprint density at radius 1 is 1.45 bits per heavy atom. The summed E-state index contributed by atoms with van der Waals surface area (Å²) in [5.74, 6) is -0.401. The number of nitrogens with one attached hydrogen (secondary N) is 1. The van der Waals surface area contributed by atoms with Crippen molar-refractivity contribution in [2.75, 3.05) is 0 Å². The van der Waals surface area contributed by atoms with E-state index in [-0.39, 0.29) is 10.6 Å². The molecule has 1 aliphatic carbocycles. The van der Waals surface area contributed by atoms with Crippen LogP contribution in [0, 0.1) is 17.0 Å². The van der Waals surface area contributed by atoms with Crippen LogP contribution in [0.15, 0.2) is 30.3 Å². The molecular weight excluding hydrogens is 304 g/mol. The van der Waals surface area contributed by atoms with Crippen LogP contribution in [0.4, 0.5) is 5.69 Å². The summed E-state index contributed by atoms with van der Waals surface area (Å²) in [7, 11) is 0. The summed E-state index contributed by atoms with van der Waals surface area (Å²) in [5, 5.41) is 23.8. The molecule has 0 bridgehead atoms. The highest BCUT2D eigenvalue weighted by atomic mass is 32.1. The highest BCUT2D eigenvalue weighted by Crippen LogP contribution is 2.33. The SMILES string of the molecule is Cc1sc(C(=O)N[C@@H]2c3ccccc3C[C@H]2O)cc1[N+](=O)[O-]. The van der Waals surface area contributed by atoms with Crippen LogP contribution < -0.4 is 5.32 Å². The number of amides is 1. The molecule has 0 unspecified atom stereocenters. The number of fused-ring (bicyclic) bond motifs is 1. The molecule has 3 rings (SSSR count). The van der Waals surface area contributed by atoms with Gasteiger partial charge in [-0.05, 0) is 18.1 Å². The van der Waals surface area contributed by atoms with Crippen molar-refractivity contribution in [2.45, 2.75) is 25.5 Å². The summed E-state index contributed by atoms with van der Waals surface area (Å²) >= 11 is 1.08. The van der Waals surface area contributed by atoms with Crippen LogP contribution in [-0.2, 0) is 6.42 Å². The van der Waals surface area contributed by atoms with Gasteiger partial charge in [0.2, 0.25) is 0 Å². The quantitative estimate of drug-likeness (QED) is 0.671. The third-order valence-corrected chi connectivity index (χ3v) is 4.84. The first-order chi connectivity index (χ1) is 10.5. The van der Waals surface area contributed by atoms with Gasteiger partial charge in [0, 0.05) is 12.5 Å². The highest BCUT2D eigenvalue weighted by molar-refractivity contribution is 7.14. The third kappa shape index (κ3) is 2.49. The van der Waals surface area contributed by atoms with E-state index >= 15 is 0 Å². The van der Waals surface area contributed by atoms with Gasteiger partial charge in [0.1, 0.15) is 0 Å². The van der Waals surface area contributed by atoms with Crippen molar-refractivity contribution in [1.82, 2.24) is 5.32 Å². The van der Waals surface area contributed by atoms with E-state index in [1.54, 1.807) is 6.92 Å². The zero-order valence-electron chi connectivity index (χ0n) is 11.8. The van der Waals surface area contributed by atoms with Crippen LogP contribution in [0.3, 0.4) is 0 Å². The second-order valence-corrected chi connectivity index (χ2v) is 6.49. The van der Waals surface area contributed by atoms with Gasteiger partial charge in [-0.3, -0.25) is 14.9 Å². The fourth-order valence-electron chi connectivity index (χ4n) is 2.73. The van der Waals surface area contributed by atoms with Crippen LogP contribution in [0.1, 0.15) is 31.7 Å². The lowest BCUT2D eigenvalue weighted by molar-refractivity contribution is -0.385. The zero-order chi connectivity index (χ0) is 15.9. The predicted octanol–water partition coefficient (Wildman–Crippen LogP) is 2.35. The molecule has 0 saturated carbocycles. The number of carbonyl (C=O) groups excluding carboxylic acids is 1. The maximum absolute atomic E-state index is 12.3. The van der Waals surface area contributed by atoms with E-state index in [1.165, 1.54) is 6.07 Å². The first-order valence-electron chi connectivity index (χ1n) is 6.79. The van der Waals surface area contributed by atoms with Gasteiger partial charge in [0.25, 0.3) is 11.6 Å². The molecule has 0 aliphatic heterocycles. The fraction of sp³-hybridized carbons (Fsp3) is 0.267. The molecule has 1 aliphatic rings. The molecule has 2 aromatic rings. The minimum atomic E-state index is -0.683. The van der Waals surface area contributed by atoms with Crippen molar-refractivity contribution in [1.29, 1.82) is 0 Å². The number of thiophene rings is 1. The van der Waals surface area contributed by atoms with Crippen molar-refractivity contribution in [2.24, 2.45) is 0 Å². The molecule has 7 heteroatoms. The second kappa shape index (κ2) is 5.51. The number of aryl methyl sites for hydroxylation is 1. The van der Waals surface area contributed by atoms with E-state index in [2.05, 4.69) is 5.32 Å². The average molecular weight is 318 g/mol. The number of benzene rings is 1. The third-order valence-electron chi connectivity index (χ3n) is 3.80. The minimum Gasteiger partial charge on any atom is -0.390 e. The van der Waals surface area contributed by atoms with Crippen molar-refractivity contribution in [3.8, 4) is 0 Å². The predicted molar refractivity (Wildman–Crippen MR) is 82.1 cm³/mol. The van der Waals surface area contributed by atoms with E-state index in [0.29, 0.717) is 11.3 Å². The Hall–Kier alpha value is -2.25. The van der Waals surface area contributed by atoms with E-state index in [1.807, 2.05) is 24.3 Å². The molecular formula is C15H14N2O4S. The van der Waals surface area contributed by atoms with Crippen LogP contribution in [0.5, 0.6) is 0 Å². The Morgan fingerprint density at radius 2 is 2.18 bits per heavy atom. The molecule has 114 valence electrons. The lowest BCUT2D eigenvalue weighted by Crippen LogP contribution is -2.33. The molecule has 2 N–H and O–H groups in total. The Balaban J connectivity index is 1.83. The van der Waals surface area contributed by atoms with Crippen molar-refractivity contribution < 1.29 is 14.8 Å². The Morgan fingerprint density at radius 3 is 2.86 bits per heavy atom. The Labute approximate surface area is 130 Å². The molecule has 0 spiro atoms. The minimum absolute atomic E-state index is 0.0532. The first kappa shape index (κ1) is 14.7. The van der Waals surface area contributed by atoms with Gasteiger partial charge in [-0.2, -0.15) is 0 Å². The summed E-state index contributed by atoms with van der Waals surface area (Å²) in [5.41, 5.74) is 1.85. The molecule has 1 heterocycles. The monoisotopic (exact) mass is 318 g/mol. The lowest BCUT2D eigenvalue weighted by Gasteiger charge is -2.17. The summed E-state index contributed by atoms with van der Waals surface area (Å²) in [6, 6.07) is 8.34. The van der Waals surface area contributed by atoms with Gasteiger partial charge in [-0.1, -0.05) is 24.3 Å². The molecule has 6 nitrogen and oxygen atoms in total. The standard InChI is InChI=1S/C15H14N2O4S/c1-8-11(17(20)21)7-13(22-8)15(19)16-14-10-5-3-2-4-9(10)6-12(14)18/h2-5,7,12,14,18H,6H2,1H3,(H,16,19)/t12-,14-/m1/s1. The highest BCUT2D eigenvalue weighted by Gasteiger charge is 2.32. The number of rotatable bonds is 3. The summed E-state index contributed by atoms with van der Waals surface area (Å²) in [6.07, 6.45) is -0.192. The van der Waals surface area contributed by atoms with E-state index in [4.69, 9.17) is 0 Å². The molecule has 1 amide bonds. The van der Waals surface area contributed by atoms with E-state index in [9.17, 15) is 20.0 Å². The van der Waals surface area contributed by atoms with E-state index in [0.717, 1.165) is 22.5 Å². The molecule has 0 fully saturated rings. The van der Waals surface area contributed by atoms with Gasteiger partial charge in [-0.25, -0.2) is 0 Å². The van der Waals surface area contributed by atoms with Crippen LogP contribution in [0.25, 0.3) is 0 Å². The van der Waals surface area contributed by atoms with E-state index < -0.39 is 23.0 Å². The van der Waals surface area contributed by atoms with Gasteiger partial charge in [-0.15, -0.1) is 11.3 Å². The average Bonchev–Trinajstić information content (AvgIpc) is 3.00. The lowest BCUT2D eigenvalue weighted by atomic mass is 10.1. The number of nitro groups is 1. The van der Waals surface area contributed by atoms with Crippen molar-refractivity contribution >= 4 is 22.9 Å². The molecule has 1 aromatic carbocycles. The number of hydrogen-bond acceptors (Lipinski definition) is 5. The molecule has 1 aromatic heterocycles. The zero-order valence-corrected chi connectivity index (χ0v) is 12.6. The second-order valence-electron chi connectivity index (χ2n) is 5.23. The fourth-order valence-corrected chi connectivity index (χ4v) is 3.62. The topological polar surface area (TPSA) is 92.5 Å². The summed E-state index contributed by atoms with van der Waals surface area (Å²) in [6.45, 7) is 1.61. The summed E-state index contributed by atoms with van der Waals surface area (Å²) in [4.78, 5) is 23.4. The normalized spacial score (nSPS) is 19.7. The molecule has 0 radical (unpaired) electrons. The molecule has 2 atom stereocenters. The smallest absolute Gasteiger partial charge is 0.283 e. The number of carbonyl (C=O) groups is 1. The molecule has 0 saturated heterocycles. The Kier molecular flexibility index (Phi) is 3.67. The van der Waals surface area contributed by atoms with Gasteiger partial charge in [0.15, 0.2) is 0 Å². The van der Waals surface area contributed by atoms with Crippen molar-refractivity contribution in [3.05, 3.63) is 61.3 Å². The maximum atomic E-state index is 12.3. The number of hydrogen-bond donors (Lipinski definition) is 2.